The van der Waals surface area contributed by atoms with Gasteiger partial charge in [0.2, 0.25) is 5.91 Å². The van der Waals surface area contributed by atoms with Crippen molar-refractivity contribution in [3.8, 4) is 17.2 Å². The van der Waals surface area contributed by atoms with E-state index in [1.165, 1.54) is 5.56 Å². The van der Waals surface area contributed by atoms with Crippen LogP contribution in [0.3, 0.4) is 0 Å². The van der Waals surface area contributed by atoms with Crippen LogP contribution in [0.25, 0.3) is 0 Å². The summed E-state index contributed by atoms with van der Waals surface area (Å²) < 4.78 is 17.1. The summed E-state index contributed by atoms with van der Waals surface area (Å²) in [6.07, 6.45) is 1.35. The molecule has 1 unspecified atom stereocenters. The first-order valence-corrected chi connectivity index (χ1v) is 14.7. The maximum atomic E-state index is 13.6. The number of piperidine rings is 1. The zero-order valence-electron chi connectivity index (χ0n) is 25.0. The van der Waals surface area contributed by atoms with Gasteiger partial charge in [-0.2, -0.15) is 0 Å². The van der Waals surface area contributed by atoms with Crippen LogP contribution in [0.2, 0.25) is 0 Å². The van der Waals surface area contributed by atoms with Crippen LogP contribution >= 0.6 is 0 Å². The van der Waals surface area contributed by atoms with E-state index in [4.69, 9.17) is 14.2 Å². The molecule has 3 aromatic carbocycles. The highest BCUT2D eigenvalue weighted by atomic mass is 16.6. The minimum absolute atomic E-state index is 0.0321. The lowest BCUT2D eigenvalue weighted by molar-refractivity contribution is -0.124. The molecule has 8 nitrogen and oxygen atoms in total. The summed E-state index contributed by atoms with van der Waals surface area (Å²) in [5.41, 5.74) is 2.55. The van der Waals surface area contributed by atoms with Crippen LogP contribution in [0.15, 0.2) is 72.8 Å². The molecule has 2 heterocycles. The first-order chi connectivity index (χ1) is 20.2. The summed E-state index contributed by atoms with van der Waals surface area (Å²) in [6.45, 7) is 8.89. The summed E-state index contributed by atoms with van der Waals surface area (Å²) in [5.74, 6) is 1.69. The fraction of sp³-hybridized carbons (Fsp3) is 0.412. The lowest BCUT2D eigenvalue weighted by Gasteiger charge is -2.37. The zero-order chi connectivity index (χ0) is 29.7. The Hall–Kier alpha value is -4.04. The maximum Gasteiger partial charge on any atom is 0.410 e. The number of ether oxygens (including phenoxy) is 3. The molecule has 0 spiro atoms. The van der Waals surface area contributed by atoms with E-state index in [9.17, 15) is 9.59 Å². The molecule has 0 radical (unpaired) electrons. The van der Waals surface area contributed by atoms with Gasteiger partial charge in [-0.05, 0) is 74.6 Å². The van der Waals surface area contributed by atoms with Gasteiger partial charge in [0.05, 0.1) is 13.0 Å². The Morgan fingerprint density at radius 2 is 1.64 bits per heavy atom. The first kappa shape index (κ1) is 29.5. The zero-order valence-corrected chi connectivity index (χ0v) is 25.0. The summed E-state index contributed by atoms with van der Waals surface area (Å²) in [6, 6.07) is 23.7. The van der Waals surface area contributed by atoms with Crippen molar-refractivity contribution in [2.45, 2.75) is 64.3 Å². The standard InChI is InChI=1S/C34H41N3O5/c1-34(2,3)42-33(39)37-22-25-11-5-6-13-28(25)29(23-37)32(38)35-26-16-18-36(19-17-26)21-24-10-9-12-27(20-24)41-31-15-8-7-14-30(31)40-4/h5-15,20,26,29H,16-19,21-23H2,1-4H3,(H,35,38). The number of likely N-dealkylation sites (tertiary alicyclic amines) is 1. The van der Waals surface area contributed by atoms with Crippen LogP contribution in [-0.4, -0.2) is 60.2 Å². The number of rotatable bonds is 7. The van der Waals surface area contributed by atoms with E-state index in [2.05, 4.69) is 22.3 Å². The SMILES string of the molecule is COc1ccccc1Oc1cccc(CN2CCC(NC(=O)C3CN(C(=O)OC(C)(C)C)Cc4ccccc43)CC2)c1. The van der Waals surface area contributed by atoms with Crippen molar-refractivity contribution < 1.29 is 23.8 Å². The third-order valence-corrected chi connectivity index (χ3v) is 7.70. The van der Waals surface area contributed by atoms with E-state index in [-0.39, 0.29) is 18.0 Å². The van der Waals surface area contributed by atoms with E-state index in [0.717, 1.165) is 49.4 Å². The molecule has 42 heavy (non-hydrogen) atoms. The van der Waals surface area contributed by atoms with Crippen LogP contribution in [0, 0.1) is 0 Å². The Morgan fingerprint density at radius 1 is 0.929 bits per heavy atom. The van der Waals surface area contributed by atoms with Gasteiger partial charge in [0.25, 0.3) is 0 Å². The highest BCUT2D eigenvalue weighted by Gasteiger charge is 2.35. The highest BCUT2D eigenvalue weighted by molar-refractivity contribution is 5.86. The minimum Gasteiger partial charge on any atom is -0.493 e. The smallest absolute Gasteiger partial charge is 0.410 e. The number of hydrogen-bond acceptors (Lipinski definition) is 6. The van der Waals surface area contributed by atoms with Crippen molar-refractivity contribution in [1.29, 1.82) is 0 Å². The molecule has 2 aliphatic heterocycles. The van der Waals surface area contributed by atoms with E-state index in [0.29, 0.717) is 24.6 Å². The second-order valence-electron chi connectivity index (χ2n) is 12.1. The number of methoxy groups -OCH3 is 1. The number of nitrogens with one attached hydrogen (secondary N) is 1. The van der Waals surface area contributed by atoms with Gasteiger partial charge in [-0.15, -0.1) is 0 Å². The number of fused-ring (bicyclic) bond motifs is 1. The van der Waals surface area contributed by atoms with Crippen LogP contribution in [0.1, 0.15) is 56.2 Å². The molecule has 0 bridgehead atoms. The number of para-hydroxylation sites is 2. The van der Waals surface area contributed by atoms with Gasteiger partial charge in [0.1, 0.15) is 11.4 Å². The van der Waals surface area contributed by atoms with Crippen molar-refractivity contribution in [3.63, 3.8) is 0 Å². The summed E-state index contributed by atoms with van der Waals surface area (Å²) in [4.78, 5) is 30.5. The molecule has 1 N–H and O–H groups in total. The Kier molecular flexibility index (Phi) is 9.02. The van der Waals surface area contributed by atoms with E-state index >= 15 is 0 Å². The van der Waals surface area contributed by atoms with Gasteiger partial charge >= 0.3 is 6.09 Å². The van der Waals surface area contributed by atoms with Crippen molar-refractivity contribution in [3.05, 3.63) is 89.5 Å². The van der Waals surface area contributed by atoms with Crippen LogP contribution < -0.4 is 14.8 Å². The van der Waals surface area contributed by atoms with Gasteiger partial charge in [0, 0.05) is 38.8 Å². The first-order valence-electron chi connectivity index (χ1n) is 14.7. The molecule has 0 aliphatic carbocycles. The molecule has 1 saturated heterocycles. The fourth-order valence-corrected chi connectivity index (χ4v) is 5.63. The molecule has 5 rings (SSSR count). The van der Waals surface area contributed by atoms with Gasteiger partial charge in [-0.1, -0.05) is 48.5 Å². The number of hydrogen-bond donors (Lipinski definition) is 1. The topological polar surface area (TPSA) is 80.3 Å². The Labute approximate surface area is 248 Å². The second kappa shape index (κ2) is 12.9. The third kappa shape index (κ3) is 7.42. The molecule has 2 amide bonds. The Bertz CT molecular complexity index is 1390. The van der Waals surface area contributed by atoms with Gasteiger partial charge < -0.3 is 24.4 Å². The quantitative estimate of drug-likeness (QED) is 0.369. The molecule has 2 aliphatic rings. The lowest BCUT2D eigenvalue weighted by atomic mass is 9.88. The highest BCUT2D eigenvalue weighted by Crippen LogP contribution is 2.32. The average molecular weight is 572 g/mol. The average Bonchev–Trinajstić information content (AvgIpc) is 2.97. The third-order valence-electron chi connectivity index (χ3n) is 7.70. The van der Waals surface area contributed by atoms with Crippen molar-refractivity contribution in [2.75, 3.05) is 26.7 Å². The molecule has 3 aromatic rings. The predicted molar refractivity (Wildman–Crippen MR) is 162 cm³/mol. The number of nitrogens with zero attached hydrogens (tertiary/aromatic N) is 2. The van der Waals surface area contributed by atoms with Crippen molar-refractivity contribution in [1.82, 2.24) is 15.1 Å². The minimum atomic E-state index is -0.594. The molecule has 1 atom stereocenters. The van der Waals surface area contributed by atoms with E-state index in [1.54, 1.807) is 12.0 Å². The normalized spacial score (nSPS) is 17.7. The van der Waals surface area contributed by atoms with Crippen LogP contribution in [-0.2, 0) is 22.6 Å². The number of carbonyl (C=O) groups is 2. The van der Waals surface area contributed by atoms with Crippen LogP contribution in [0.4, 0.5) is 4.79 Å². The van der Waals surface area contributed by atoms with E-state index < -0.39 is 11.5 Å². The number of amides is 2. The van der Waals surface area contributed by atoms with Gasteiger partial charge in [-0.25, -0.2) is 4.79 Å². The number of carbonyl (C=O) groups excluding carboxylic acids is 2. The van der Waals surface area contributed by atoms with E-state index in [1.807, 2.05) is 81.4 Å². The summed E-state index contributed by atoms with van der Waals surface area (Å²) in [7, 11) is 1.64. The van der Waals surface area contributed by atoms with Crippen LogP contribution in [0.5, 0.6) is 17.2 Å². The maximum absolute atomic E-state index is 13.6. The lowest BCUT2D eigenvalue weighted by Crippen LogP contribution is -2.49. The Morgan fingerprint density at radius 3 is 2.38 bits per heavy atom. The summed E-state index contributed by atoms with van der Waals surface area (Å²) in [5, 5.41) is 3.29. The van der Waals surface area contributed by atoms with Crippen molar-refractivity contribution >= 4 is 12.0 Å². The number of benzene rings is 3. The molecule has 0 aromatic heterocycles. The second-order valence-corrected chi connectivity index (χ2v) is 12.1. The summed E-state index contributed by atoms with van der Waals surface area (Å²) >= 11 is 0. The monoisotopic (exact) mass is 571 g/mol. The Balaban J connectivity index is 1.16. The molecular weight excluding hydrogens is 530 g/mol. The largest absolute Gasteiger partial charge is 0.493 e. The van der Waals surface area contributed by atoms with Gasteiger partial charge in [-0.3, -0.25) is 9.69 Å². The molecular formula is C34H41N3O5. The molecule has 1 fully saturated rings. The predicted octanol–water partition coefficient (Wildman–Crippen LogP) is 6.10. The molecule has 8 heteroatoms. The molecule has 0 saturated carbocycles. The van der Waals surface area contributed by atoms with Gasteiger partial charge in [0.15, 0.2) is 11.5 Å². The molecule has 222 valence electrons. The fourth-order valence-electron chi connectivity index (χ4n) is 5.63. The van der Waals surface area contributed by atoms with Crippen molar-refractivity contribution in [2.24, 2.45) is 0 Å².